The van der Waals surface area contributed by atoms with Gasteiger partial charge < -0.3 is 29.0 Å². The SMILES string of the molecule is CC(=O)OCCOCCCOc1nn(C2CCC(N3C[C@@H](C)O[C@@H](C)C3)CC2)cc1Nc1ncc(-c2ccc(Cl)c(O[C@@H](C)Cn3cnnn3)c2)cn1. The van der Waals surface area contributed by atoms with Crippen LogP contribution in [0.4, 0.5) is 11.6 Å². The highest BCUT2D eigenvalue weighted by atomic mass is 35.5. The molecule has 2 fully saturated rings. The number of nitrogens with one attached hydrogen (secondary N) is 1. The van der Waals surface area contributed by atoms with Crippen LogP contribution in [0.15, 0.2) is 43.1 Å². The van der Waals surface area contributed by atoms with Crippen LogP contribution in [0.25, 0.3) is 11.1 Å². The van der Waals surface area contributed by atoms with Crippen molar-refractivity contribution in [1.29, 1.82) is 0 Å². The maximum Gasteiger partial charge on any atom is 0.302 e. The highest BCUT2D eigenvalue weighted by Gasteiger charge is 2.32. The summed E-state index contributed by atoms with van der Waals surface area (Å²) in [6, 6.07) is 6.37. The molecule has 1 aliphatic carbocycles. The Morgan fingerprint density at radius 3 is 2.49 bits per heavy atom. The van der Waals surface area contributed by atoms with Gasteiger partial charge in [-0.2, -0.15) is 0 Å². The molecule has 16 nitrogen and oxygen atoms in total. The van der Waals surface area contributed by atoms with E-state index in [2.05, 4.69) is 49.6 Å². The summed E-state index contributed by atoms with van der Waals surface area (Å²) in [7, 11) is 0. The molecule has 1 saturated carbocycles. The molecule has 17 heteroatoms. The second kappa shape index (κ2) is 18.6. The van der Waals surface area contributed by atoms with E-state index in [0.717, 1.165) is 49.9 Å². The Morgan fingerprint density at radius 1 is 1.02 bits per heavy atom. The number of anilines is 2. The predicted octanol–water partition coefficient (Wildman–Crippen LogP) is 5.13. The molecule has 0 amide bonds. The molecule has 4 aromatic rings. The summed E-state index contributed by atoms with van der Waals surface area (Å²) in [4.78, 5) is 22.8. The van der Waals surface area contributed by atoms with Gasteiger partial charge in [-0.25, -0.2) is 14.6 Å². The number of nitrogens with zero attached hydrogens (tertiary/aromatic N) is 9. The molecule has 0 unspecified atom stereocenters. The van der Waals surface area contributed by atoms with E-state index in [1.54, 1.807) is 23.1 Å². The zero-order valence-electron chi connectivity index (χ0n) is 30.8. The number of hydrogen-bond acceptors (Lipinski definition) is 14. The number of ether oxygens (including phenoxy) is 5. The van der Waals surface area contributed by atoms with Crippen molar-refractivity contribution in [3.63, 3.8) is 0 Å². The molecule has 1 N–H and O–H groups in total. The van der Waals surface area contributed by atoms with Gasteiger partial charge in [0.15, 0.2) is 0 Å². The molecule has 1 aromatic carbocycles. The summed E-state index contributed by atoms with van der Waals surface area (Å²) >= 11 is 6.47. The number of morpholine rings is 1. The Bertz CT molecular complexity index is 1720. The van der Waals surface area contributed by atoms with Gasteiger partial charge in [0, 0.05) is 57.0 Å². The van der Waals surface area contributed by atoms with E-state index in [4.69, 9.17) is 40.4 Å². The van der Waals surface area contributed by atoms with Gasteiger partial charge in [-0.1, -0.05) is 17.7 Å². The molecule has 3 aromatic heterocycles. The molecule has 0 spiro atoms. The van der Waals surface area contributed by atoms with Crippen molar-refractivity contribution < 1.29 is 28.5 Å². The van der Waals surface area contributed by atoms with Crippen LogP contribution < -0.4 is 14.8 Å². The first-order valence-corrected chi connectivity index (χ1v) is 18.7. The molecule has 0 bridgehead atoms. The number of halogens is 1. The minimum atomic E-state index is -0.321. The van der Waals surface area contributed by atoms with Crippen LogP contribution in [0.5, 0.6) is 11.6 Å². The van der Waals surface area contributed by atoms with Crippen LogP contribution in [0, 0.1) is 0 Å². The molecule has 1 aliphatic heterocycles. The maximum absolute atomic E-state index is 11.0. The minimum Gasteiger partial charge on any atom is -0.487 e. The van der Waals surface area contributed by atoms with Gasteiger partial charge >= 0.3 is 5.97 Å². The third kappa shape index (κ3) is 11.1. The zero-order valence-corrected chi connectivity index (χ0v) is 31.5. The molecular weight excluding hydrogens is 704 g/mol. The number of benzene rings is 1. The first-order chi connectivity index (χ1) is 25.7. The summed E-state index contributed by atoms with van der Waals surface area (Å²) in [5.41, 5.74) is 2.34. The number of carbonyl (C=O) groups is 1. The number of esters is 1. The fourth-order valence-corrected chi connectivity index (χ4v) is 7.01. The fraction of sp³-hybridized carbons (Fsp3) is 0.583. The van der Waals surface area contributed by atoms with Crippen molar-refractivity contribution in [2.75, 3.05) is 44.8 Å². The zero-order chi connectivity index (χ0) is 37.2. The van der Waals surface area contributed by atoms with Gasteiger partial charge in [0.1, 0.15) is 30.5 Å². The largest absolute Gasteiger partial charge is 0.487 e. The van der Waals surface area contributed by atoms with Crippen LogP contribution in [0.3, 0.4) is 0 Å². The molecule has 6 rings (SSSR count). The minimum absolute atomic E-state index is 0.223. The molecule has 3 atom stereocenters. The Morgan fingerprint density at radius 2 is 1.77 bits per heavy atom. The summed E-state index contributed by atoms with van der Waals surface area (Å²) in [6.07, 6.45) is 12.2. The highest BCUT2D eigenvalue weighted by molar-refractivity contribution is 6.32. The van der Waals surface area contributed by atoms with E-state index in [9.17, 15) is 4.79 Å². The van der Waals surface area contributed by atoms with Gasteiger partial charge in [-0.05, 0) is 74.6 Å². The molecule has 4 heterocycles. The van der Waals surface area contributed by atoms with Crippen LogP contribution in [0.1, 0.15) is 65.8 Å². The number of aromatic nitrogens is 8. The monoisotopic (exact) mass is 752 g/mol. The quantitative estimate of drug-likeness (QED) is 0.111. The van der Waals surface area contributed by atoms with Crippen LogP contribution in [-0.4, -0.2) is 115 Å². The van der Waals surface area contributed by atoms with Crippen molar-refractivity contribution >= 4 is 29.2 Å². The second-order valence-corrected chi connectivity index (χ2v) is 14.1. The highest BCUT2D eigenvalue weighted by Crippen LogP contribution is 2.36. The lowest BCUT2D eigenvalue weighted by molar-refractivity contribution is -0.142. The van der Waals surface area contributed by atoms with E-state index in [-0.39, 0.29) is 36.9 Å². The van der Waals surface area contributed by atoms with Crippen molar-refractivity contribution in [2.24, 2.45) is 0 Å². The van der Waals surface area contributed by atoms with Crippen molar-refractivity contribution in [3.8, 4) is 22.8 Å². The van der Waals surface area contributed by atoms with E-state index in [0.29, 0.717) is 67.1 Å². The number of tetrazole rings is 1. The molecule has 286 valence electrons. The molecule has 2 aliphatic rings. The lowest BCUT2D eigenvalue weighted by Crippen LogP contribution is -2.51. The van der Waals surface area contributed by atoms with Crippen molar-refractivity contribution in [1.82, 2.24) is 44.9 Å². The lowest BCUT2D eigenvalue weighted by Gasteiger charge is -2.42. The first kappa shape index (κ1) is 38.3. The third-order valence-corrected chi connectivity index (χ3v) is 9.55. The van der Waals surface area contributed by atoms with Gasteiger partial charge in [0.05, 0.1) is 49.2 Å². The summed E-state index contributed by atoms with van der Waals surface area (Å²) in [5, 5.41) is 19.9. The second-order valence-electron chi connectivity index (χ2n) is 13.7. The number of hydrogen-bond donors (Lipinski definition) is 1. The van der Waals surface area contributed by atoms with E-state index in [1.807, 2.05) is 29.9 Å². The molecule has 1 saturated heterocycles. The number of carbonyl (C=O) groups excluding carboxylic acids is 1. The molecular formula is C36H49ClN10O6. The van der Waals surface area contributed by atoms with Crippen LogP contribution in [-0.2, 0) is 25.5 Å². The van der Waals surface area contributed by atoms with Gasteiger partial charge in [-0.3, -0.25) is 14.4 Å². The molecule has 0 radical (unpaired) electrons. The number of rotatable bonds is 17. The van der Waals surface area contributed by atoms with E-state index in [1.165, 1.54) is 13.3 Å². The average molecular weight is 753 g/mol. The Labute approximate surface area is 314 Å². The topological polar surface area (TPSA) is 166 Å². The van der Waals surface area contributed by atoms with E-state index < -0.39 is 0 Å². The predicted molar refractivity (Wildman–Crippen MR) is 196 cm³/mol. The summed E-state index contributed by atoms with van der Waals surface area (Å²) in [5.74, 6) is 1.11. The van der Waals surface area contributed by atoms with Crippen LogP contribution >= 0.6 is 11.6 Å². The third-order valence-electron chi connectivity index (χ3n) is 9.23. The Balaban J connectivity index is 1.09. The normalized spacial score (nSPS) is 21.2. The van der Waals surface area contributed by atoms with Crippen molar-refractivity contribution in [3.05, 3.63) is 48.1 Å². The summed E-state index contributed by atoms with van der Waals surface area (Å²) < 4.78 is 32.4. The fourth-order valence-electron chi connectivity index (χ4n) is 6.85. The van der Waals surface area contributed by atoms with Crippen molar-refractivity contribution in [2.45, 2.75) is 96.7 Å². The smallest absolute Gasteiger partial charge is 0.302 e. The maximum atomic E-state index is 11.0. The molecule has 53 heavy (non-hydrogen) atoms. The first-order valence-electron chi connectivity index (χ1n) is 18.3. The van der Waals surface area contributed by atoms with Gasteiger partial charge in [-0.15, -0.1) is 10.2 Å². The average Bonchev–Trinajstić information content (AvgIpc) is 3.80. The Kier molecular flexibility index (Phi) is 13.4. The standard InChI is InChI=1S/C36H49ClN10O6/c1-24-19-45(20-25(2)52-24)30-7-9-31(10-8-30)47-22-33(35(42-47)51-13-5-12-49-14-15-50-27(4)48)41-36-38-17-29(18-39-36)28-6-11-32(37)34(16-28)53-26(3)21-46-23-40-43-44-46/h6,11,16-18,22-26,30-31H,5,7-10,12-15,19-21H2,1-4H3,(H,38,39,41)/t24-,25+,26-,30?,31?/m0/s1. The summed E-state index contributed by atoms with van der Waals surface area (Å²) in [6.45, 7) is 11.5. The van der Waals surface area contributed by atoms with E-state index >= 15 is 0 Å². The van der Waals surface area contributed by atoms with Crippen LogP contribution in [0.2, 0.25) is 5.02 Å². The Hall–Kier alpha value is -4.38. The van der Waals surface area contributed by atoms with Gasteiger partial charge in [0.2, 0.25) is 5.95 Å². The van der Waals surface area contributed by atoms with Gasteiger partial charge in [0.25, 0.3) is 5.88 Å². The lowest BCUT2D eigenvalue weighted by atomic mass is 9.89.